The molecule has 2 atom stereocenters. The molecule has 0 bridgehead atoms. The van der Waals surface area contributed by atoms with Gasteiger partial charge in [0.2, 0.25) is 0 Å². The number of nitrogens with zero attached hydrogens (tertiary/aromatic N) is 2. The Labute approximate surface area is 112 Å². The molecule has 2 amide bonds. The number of amides is 2. The van der Waals surface area contributed by atoms with Gasteiger partial charge in [-0.25, -0.2) is 9.59 Å². The number of aliphatic hydroxyl groups excluding tert-OH is 2. The minimum absolute atomic E-state index is 0.0663. The molecular formula is C12H22N2O5. The number of carbonyl (C=O) groups excluding carboxylic acids is 1. The zero-order valence-electron chi connectivity index (χ0n) is 11.2. The first kappa shape index (κ1) is 15.7. The minimum Gasteiger partial charge on any atom is -0.480 e. The number of hydrogen-bond acceptors (Lipinski definition) is 4. The van der Waals surface area contributed by atoms with Gasteiger partial charge >= 0.3 is 12.0 Å². The van der Waals surface area contributed by atoms with Gasteiger partial charge in [-0.3, -0.25) is 0 Å². The number of carboxylic acids is 1. The zero-order chi connectivity index (χ0) is 14.4. The van der Waals surface area contributed by atoms with Crippen LogP contribution in [0.5, 0.6) is 0 Å². The van der Waals surface area contributed by atoms with E-state index in [1.165, 1.54) is 9.80 Å². The van der Waals surface area contributed by atoms with E-state index in [1.54, 1.807) is 7.05 Å². The van der Waals surface area contributed by atoms with Crippen LogP contribution in [0.4, 0.5) is 4.79 Å². The van der Waals surface area contributed by atoms with E-state index in [-0.39, 0.29) is 25.6 Å². The highest BCUT2D eigenvalue weighted by Crippen LogP contribution is 2.19. The van der Waals surface area contributed by atoms with Gasteiger partial charge in [-0.1, -0.05) is 0 Å². The summed E-state index contributed by atoms with van der Waals surface area (Å²) in [7, 11) is 1.62. The van der Waals surface area contributed by atoms with Crippen molar-refractivity contribution in [1.82, 2.24) is 9.80 Å². The normalized spacial score (nSPS) is 22.6. The fourth-order valence-corrected chi connectivity index (χ4v) is 2.21. The van der Waals surface area contributed by atoms with Crippen molar-refractivity contribution in [3.63, 3.8) is 0 Å². The average molecular weight is 274 g/mol. The summed E-state index contributed by atoms with van der Waals surface area (Å²) in [6.45, 7) is 0.714. The van der Waals surface area contributed by atoms with Crippen LogP contribution in [0.15, 0.2) is 0 Å². The van der Waals surface area contributed by atoms with Crippen LogP contribution in [0.3, 0.4) is 0 Å². The summed E-state index contributed by atoms with van der Waals surface area (Å²) in [5.74, 6) is -1.08. The van der Waals surface area contributed by atoms with E-state index in [0.29, 0.717) is 13.0 Å². The highest BCUT2D eigenvalue weighted by Gasteiger charge is 2.39. The van der Waals surface area contributed by atoms with Crippen LogP contribution in [0.2, 0.25) is 0 Å². The molecule has 1 rings (SSSR count). The number of carbonyl (C=O) groups is 2. The van der Waals surface area contributed by atoms with Crippen LogP contribution in [-0.4, -0.2) is 76.0 Å². The van der Waals surface area contributed by atoms with Gasteiger partial charge in [-0.15, -0.1) is 0 Å². The van der Waals surface area contributed by atoms with Crippen molar-refractivity contribution >= 4 is 12.0 Å². The van der Waals surface area contributed by atoms with Gasteiger partial charge in [0, 0.05) is 33.2 Å². The smallest absolute Gasteiger partial charge is 0.326 e. The number of likely N-dealkylation sites (tertiary alicyclic amines) is 1. The molecule has 0 aromatic heterocycles. The molecule has 0 aliphatic carbocycles. The topological polar surface area (TPSA) is 101 Å². The molecule has 7 heteroatoms. The maximum atomic E-state index is 12.1. The lowest BCUT2D eigenvalue weighted by Crippen LogP contribution is -2.47. The molecule has 1 heterocycles. The monoisotopic (exact) mass is 274 g/mol. The molecule has 19 heavy (non-hydrogen) atoms. The van der Waals surface area contributed by atoms with Gasteiger partial charge in [0.1, 0.15) is 6.04 Å². The third kappa shape index (κ3) is 4.36. The largest absolute Gasteiger partial charge is 0.480 e. The quantitative estimate of drug-likeness (QED) is 0.578. The molecule has 0 unspecified atom stereocenters. The third-order valence-electron chi connectivity index (χ3n) is 3.29. The summed E-state index contributed by atoms with van der Waals surface area (Å²) < 4.78 is 0. The molecule has 1 saturated heterocycles. The number of unbranched alkanes of at least 4 members (excludes halogenated alkanes) is 2. The second-order valence-corrected chi connectivity index (χ2v) is 4.88. The second kappa shape index (κ2) is 7.30. The molecule has 0 saturated carbocycles. The molecule has 3 N–H and O–H groups in total. The highest BCUT2D eigenvalue weighted by atomic mass is 16.4. The summed E-state index contributed by atoms with van der Waals surface area (Å²) in [6, 6.07) is -1.31. The Balaban J connectivity index is 2.48. The molecule has 0 radical (unpaired) electrons. The Kier molecular flexibility index (Phi) is 6.04. The molecule has 1 fully saturated rings. The minimum atomic E-state index is -1.08. The van der Waals surface area contributed by atoms with E-state index in [9.17, 15) is 14.7 Å². The van der Waals surface area contributed by atoms with Crippen molar-refractivity contribution in [2.75, 3.05) is 26.7 Å². The van der Waals surface area contributed by atoms with Gasteiger partial charge in [-0.05, 0) is 19.3 Å². The number of carboxylic acid groups (broad SMARTS) is 1. The van der Waals surface area contributed by atoms with Gasteiger partial charge in [-0.2, -0.15) is 0 Å². The van der Waals surface area contributed by atoms with Crippen molar-refractivity contribution < 1.29 is 24.9 Å². The zero-order valence-corrected chi connectivity index (χ0v) is 11.2. The first-order chi connectivity index (χ1) is 8.97. The number of rotatable bonds is 6. The van der Waals surface area contributed by atoms with E-state index in [1.807, 2.05) is 0 Å². The predicted molar refractivity (Wildman–Crippen MR) is 67.7 cm³/mol. The molecule has 1 aliphatic heterocycles. The fourth-order valence-electron chi connectivity index (χ4n) is 2.21. The number of urea groups is 1. The lowest BCUT2D eigenvalue weighted by atomic mass is 10.2. The molecule has 0 aromatic rings. The van der Waals surface area contributed by atoms with E-state index in [4.69, 9.17) is 10.2 Å². The van der Waals surface area contributed by atoms with E-state index in [0.717, 1.165) is 12.8 Å². The molecular weight excluding hydrogens is 252 g/mol. The summed E-state index contributed by atoms with van der Waals surface area (Å²) in [6.07, 6.45) is 1.59. The van der Waals surface area contributed by atoms with Gasteiger partial charge in [0.05, 0.1) is 6.10 Å². The van der Waals surface area contributed by atoms with Crippen LogP contribution in [0.25, 0.3) is 0 Å². The van der Waals surface area contributed by atoms with Crippen molar-refractivity contribution in [2.45, 2.75) is 37.8 Å². The third-order valence-corrected chi connectivity index (χ3v) is 3.29. The fraction of sp³-hybridized carbons (Fsp3) is 0.833. The van der Waals surface area contributed by atoms with Crippen molar-refractivity contribution in [2.24, 2.45) is 0 Å². The van der Waals surface area contributed by atoms with Gasteiger partial charge < -0.3 is 25.1 Å². The van der Waals surface area contributed by atoms with Crippen molar-refractivity contribution in [3.05, 3.63) is 0 Å². The molecule has 1 aliphatic rings. The second-order valence-electron chi connectivity index (χ2n) is 4.88. The Hall–Kier alpha value is -1.34. The Morgan fingerprint density at radius 2 is 2.00 bits per heavy atom. The van der Waals surface area contributed by atoms with E-state index in [2.05, 4.69) is 0 Å². The van der Waals surface area contributed by atoms with Crippen LogP contribution in [0, 0.1) is 0 Å². The summed E-state index contributed by atoms with van der Waals surface area (Å²) >= 11 is 0. The summed E-state index contributed by atoms with van der Waals surface area (Å²) in [5, 5.41) is 27.2. The predicted octanol–water partition coefficient (Wildman–Crippen LogP) is -0.279. The first-order valence-corrected chi connectivity index (χ1v) is 6.50. The van der Waals surface area contributed by atoms with Crippen LogP contribution >= 0.6 is 0 Å². The highest BCUT2D eigenvalue weighted by molar-refractivity contribution is 5.83. The molecule has 110 valence electrons. The summed E-state index contributed by atoms with van der Waals surface area (Å²) in [5.41, 5.74) is 0. The molecule has 0 aromatic carbocycles. The van der Waals surface area contributed by atoms with E-state index < -0.39 is 18.1 Å². The summed E-state index contributed by atoms with van der Waals surface area (Å²) in [4.78, 5) is 25.8. The van der Waals surface area contributed by atoms with Gasteiger partial charge in [0.25, 0.3) is 0 Å². The maximum Gasteiger partial charge on any atom is 0.326 e. The lowest BCUT2D eigenvalue weighted by molar-refractivity contribution is -0.141. The lowest BCUT2D eigenvalue weighted by Gasteiger charge is -2.27. The standard InChI is InChI=1S/C12H22N2O5/c1-13(5-3-2-4-6-15)12(19)14-8-9(16)7-10(14)11(17)18/h9-10,15-16H,2-8H2,1H3,(H,17,18)/t9-,10-/m1/s1. The van der Waals surface area contributed by atoms with Crippen molar-refractivity contribution in [3.8, 4) is 0 Å². The van der Waals surface area contributed by atoms with Gasteiger partial charge in [0.15, 0.2) is 0 Å². The van der Waals surface area contributed by atoms with Crippen LogP contribution in [-0.2, 0) is 4.79 Å². The molecule has 0 spiro atoms. The Morgan fingerprint density at radius 3 is 2.58 bits per heavy atom. The number of aliphatic hydroxyl groups is 2. The first-order valence-electron chi connectivity index (χ1n) is 6.50. The van der Waals surface area contributed by atoms with Crippen molar-refractivity contribution in [1.29, 1.82) is 0 Å². The van der Waals surface area contributed by atoms with E-state index >= 15 is 0 Å². The number of β-amino-alcohol motifs (C(OH)–C–C–N with tert-alkyl or cyclic N) is 1. The average Bonchev–Trinajstić information content (AvgIpc) is 2.75. The SMILES string of the molecule is CN(CCCCCO)C(=O)N1C[C@H](O)C[C@@H]1C(=O)O. The Bertz CT molecular complexity index is 323. The van der Waals surface area contributed by atoms with Crippen LogP contribution in [0.1, 0.15) is 25.7 Å². The number of aliphatic carboxylic acids is 1. The molecule has 7 nitrogen and oxygen atoms in total. The maximum absolute atomic E-state index is 12.1. The Morgan fingerprint density at radius 1 is 1.32 bits per heavy atom. The number of hydrogen-bond donors (Lipinski definition) is 3. The van der Waals surface area contributed by atoms with Crippen LogP contribution < -0.4 is 0 Å².